The number of nitrogens with zero attached hydrogens (tertiary/aromatic N) is 1. The van der Waals surface area contributed by atoms with Crippen LogP contribution in [-0.4, -0.2) is 18.1 Å². The molecule has 0 aliphatic rings. The lowest BCUT2D eigenvalue weighted by Gasteiger charge is -2.12. The molecule has 2 aromatic rings. The second-order valence-corrected chi connectivity index (χ2v) is 5.09. The average Bonchev–Trinajstić information content (AvgIpc) is 2.38. The van der Waals surface area contributed by atoms with Crippen LogP contribution in [0.3, 0.4) is 0 Å². The van der Waals surface area contributed by atoms with Gasteiger partial charge >= 0.3 is 0 Å². The molecule has 0 radical (unpaired) electrons. The third-order valence-corrected chi connectivity index (χ3v) is 2.94. The highest BCUT2D eigenvalue weighted by molar-refractivity contribution is 5.82. The molecule has 102 valence electrons. The van der Waals surface area contributed by atoms with Gasteiger partial charge in [0.2, 0.25) is 5.88 Å². The molecule has 0 amide bonds. The van der Waals surface area contributed by atoms with Gasteiger partial charge in [0, 0.05) is 18.0 Å². The zero-order chi connectivity index (χ0) is 13.7. The first kappa shape index (κ1) is 13.8. The van der Waals surface area contributed by atoms with Gasteiger partial charge in [-0.1, -0.05) is 32.0 Å². The summed E-state index contributed by atoms with van der Waals surface area (Å²) in [6.07, 6.45) is 0. The Bertz CT molecular complexity index is 537. The molecular weight excluding hydrogens is 236 g/mol. The molecule has 0 unspecified atom stereocenters. The molecular formula is C16H22N2O. The average molecular weight is 258 g/mol. The van der Waals surface area contributed by atoms with Crippen LogP contribution in [0, 0.1) is 5.92 Å². The molecule has 1 N–H and O–H groups in total. The Morgan fingerprint density at radius 1 is 1.26 bits per heavy atom. The first-order valence-electron chi connectivity index (χ1n) is 6.93. The standard InChI is InChI=1S/C16H22N2O/c1-4-19-16-9-13(11-17-10-12(2)3)14-7-5-6-8-15(14)18-16/h5-9,12,17H,4,10-11H2,1-3H3. The fourth-order valence-corrected chi connectivity index (χ4v) is 2.08. The molecule has 3 heteroatoms. The van der Waals surface area contributed by atoms with Crippen molar-refractivity contribution in [3.8, 4) is 5.88 Å². The van der Waals surface area contributed by atoms with E-state index < -0.39 is 0 Å². The van der Waals surface area contributed by atoms with Crippen molar-refractivity contribution in [2.24, 2.45) is 5.92 Å². The lowest BCUT2D eigenvalue weighted by atomic mass is 10.1. The van der Waals surface area contributed by atoms with Gasteiger partial charge in [-0.15, -0.1) is 0 Å². The molecule has 19 heavy (non-hydrogen) atoms. The molecule has 1 aromatic heterocycles. The van der Waals surface area contributed by atoms with Gasteiger partial charge in [-0.05, 0) is 31.0 Å². The number of para-hydroxylation sites is 1. The van der Waals surface area contributed by atoms with E-state index in [9.17, 15) is 0 Å². The summed E-state index contributed by atoms with van der Waals surface area (Å²) in [5, 5.41) is 4.68. The molecule has 0 bridgehead atoms. The summed E-state index contributed by atoms with van der Waals surface area (Å²) in [5.41, 5.74) is 2.24. The van der Waals surface area contributed by atoms with Crippen molar-refractivity contribution in [2.45, 2.75) is 27.3 Å². The Morgan fingerprint density at radius 2 is 2.05 bits per heavy atom. The van der Waals surface area contributed by atoms with Crippen LogP contribution in [0.1, 0.15) is 26.3 Å². The maximum absolute atomic E-state index is 5.54. The highest BCUT2D eigenvalue weighted by atomic mass is 16.5. The lowest BCUT2D eigenvalue weighted by Crippen LogP contribution is -2.19. The minimum Gasteiger partial charge on any atom is -0.478 e. The van der Waals surface area contributed by atoms with Gasteiger partial charge in [0.1, 0.15) is 0 Å². The molecule has 3 nitrogen and oxygen atoms in total. The van der Waals surface area contributed by atoms with Crippen LogP contribution in [0.4, 0.5) is 0 Å². The van der Waals surface area contributed by atoms with E-state index in [2.05, 4.69) is 36.3 Å². The van der Waals surface area contributed by atoms with E-state index in [0.717, 1.165) is 18.6 Å². The number of rotatable bonds is 6. The molecule has 1 heterocycles. The van der Waals surface area contributed by atoms with E-state index in [1.165, 1.54) is 10.9 Å². The molecule has 0 aliphatic heterocycles. The van der Waals surface area contributed by atoms with Gasteiger partial charge in [0.25, 0.3) is 0 Å². The number of benzene rings is 1. The molecule has 0 aliphatic carbocycles. The fraction of sp³-hybridized carbons (Fsp3) is 0.438. The molecule has 0 saturated heterocycles. The van der Waals surface area contributed by atoms with Crippen molar-refractivity contribution < 1.29 is 4.74 Å². The van der Waals surface area contributed by atoms with Crippen LogP contribution in [-0.2, 0) is 6.54 Å². The van der Waals surface area contributed by atoms with Crippen molar-refractivity contribution in [2.75, 3.05) is 13.2 Å². The predicted molar refractivity (Wildman–Crippen MR) is 79.5 cm³/mol. The normalized spacial score (nSPS) is 11.2. The molecule has 0 fully saturated rings. The molecule has 0 saturated carbocycles. The van der Waals surface area contributed by atoms with Crippen molar-refractivity contribution >= 4 is 10.9 Å². The number of nitrogens with one attached hydrogen (secondary N) is 1. The van der Waals surface area contributed by atoms with Crippen LogP contribution in [0.25, 0.3) is 10.9 Å². The van der Waals surface area contributed by atoms with E-state index >= 15 is 0 Å². The Labute approximate surface area is 115 Å². The van der Waals surface area contributed by atoms with Crippen LogP contribution in [0.2, 0.25) is 0 Å². The van der Waals surface area contributed by atoms with Crippen molar-refractivity contribution in [1.82, 2.24) is 10.3 Å². The Hall–Kier alpha value is -1.61. The number of hydrogen-bond acceptors (Lipinski definition) is 3. The second-order valence-electron chi connectivity index (χ2n) is 5.09. The summed E-state index contributed by atoms with van der Waals surface area (Å²) < 4.78 is 5.54. The van der Waals surface area contributed by atoms with Gasteiger partial charge in [-0.3, -0.25) is 0 Å². The minimum atomic E-state index is 0.643. The number of pyridine rings is 1. The topological polar surface area (TPSA) is 34.1 Å². The van der Waals surface area contributed by atoms with E-state index in [4.69, 9.17) is 4.74 Å². The van der Waals surface area contributed by atoms with Crippen LogP contribution in [0.5, 0.6) is 5.88 Å². The largest absolute Gasteiger partial charge is 0.478 e. The van der Waals surface area contributed by atoms with E-state index in [1.807, 2.05) is 25.1 Å². The predicted octanol–water partition coefficient (Wildman–Crippen LogP) is 3.38. The van der Waals surface area contributed by atoms with Crippen LogP contribution < -0.4 is 10.1 Å². The molecule has 1 aromatic carbocycles. The van der Waals surface area contributed by atoms with E-state index in [1.54, 1.807) is 0 Å². The number of fused-ring (bicyclic) bond motifs is 1. The van der Waals surface area contributed by atoms with E-state index in [0.29, 0.717) is 18.4 Å². The fourth-order valence-electron chi connectivity index (χ4n) is 2.08. The maximum Gasteiger partial charge on any atom is 0.214 e. The van der Waals surface area contributed by atoms with E-state index in [-0.39, 0.29) is 0 Å². The van der Waals surface area contributed by atoms with Crippen molar-refractivity contribution in [3.63, 3.8) is 0 Å². The highest BCUT2D eigenvalue weighted by Crippen LogP contribution is 2.22. The first-order valence-corrected chi connectivity index (χ1v) is 6.93. The summed E-state index contributed by atoms with van der Waals surface area (Å²) in [6, 6.07) is 10.3. The van der Waals surface area contributed by atoms with Gasteiger partial charge < -0.3 is 10.1 Å². The molecule has 0 spiro atoms. The Morgan fingerprint density at radius 3 is 2.79 bits per heavy atom. The summed E-state index contributed by atoms with van der Waals surface area (Å²) in [6.45, 7) is 8.91. The number of aromatic nitrogens is 1. The highest BCUT2D eigenvalue weighted by Gasteiger charge is 2.06. The summed E-state index contributed by atoms with van der Waals surface area (Å²) in [4.78, 5) is 4.52. The van der Waals surface area contributed by atoms with Crippen LogP contribution >= 0.6 is 0 Å². The second kappa shape index (κ2) is 6.53. The number of ether oxygens (including phenoxy) is 1. The summed E-state index contributed by atoms with van der Waals surface area (Å²) in [5.74, 6) is 1.36. The van der Waals surface area contributed by atoms with Crippen LogP contribution in [0.15, 0.2) is 30.3 Å². The minimum absolute atomic E-state index is 0.643. The van der Waals surface area contributed by atoms with Gasteiger partial charge in [-0.25, -0.2) is 4.98 Å². The first-order chi connectivity index (χ1) is 9.20. The number of hydrogen-bond donors (Lipinski definition) is 1. The smallest absolute Gasteiger partial charge is 0.214 e. The Kier molecular flexibility index (Phi) is 4.74. The SMILES string of the molecule is CCOc1cc(CNCC(C)C)c2ccccc2n1. The lowest BCUT2D eigenvalue weighted by molar-refractivity contribution is 0.327. The van der Waals surface area contributed by atoms with Gasteiger partial charge in [-0.2, -0.15) is 0 Å². The monoisotopic (exact) mass is 258 g/mol. The maximum atomic E-state index is 5.54. The molecule has 0 atom stereocenters. The summed E-state index contributed by atoms with van der Waals surface area (Å²) in [7, 11) is 0. The third kappa shape index (κ3) is 3.67. The zero-order valence-corrected chi connectivity index (χ0v) is 11.9. The van der Waals surface area contributed by atoms with Crippen molar-refractivity contribution in [3.05, 3.63) is 35.9 Å². The Balaban J connectivity index is 2.28. The van der Waals surface area contributed by atoms with Gasteiger partial charge in [0.05, 0.1) is 12.1 Å². The third-order valence-electron chi connectivity index (χ3n) is 2.94. The van der Waals surface area contributed by atoms with Gasteiger partial charge in [0.15, 0.2) is 0 Å². The summed E-state index contributed by atoms with van der Waals surface area (Å²) >= 11 is 0. The van der Waals surface area contributed by atoms with Crippen molar-refractivity contribution in [1.29, 1.82) is 0 Å². The quantitative estimate of drug-likeness (QED) is 0.862. The zero-order valence-electron chi connectivity index (χ0n) is 11.9. The molecule has 2 rings (SSSR count).